The highest BCUT2D eigenvalue weighted by molar-refractivity contribution is 5.75. The van der Waals surface area contributed by atoms with Crippen LogP contribution in [0.1, 0.15) is 24.2 Å². The van der Waals surface area contributed by atoms with Gasteiger partial charge in [-0.1, -0.05) is 12.1 Å². The van der Waals surface area contributed by atoms with E-state index in [4.69, 9.17) is 9.47 Å². The molecule has 2 rings (SSSR count). The first kappa shape index (κ1) is 15.8. The normalized spacial score (nSPS) is 10.3. The Bertz CT molecular complexity index is 646. The molecule has 0 bridgehead atoms. The molecule has 0 saturated carbocycles. The summed E-state index contributed by atoms with van der Waals surface area (Å²) in [6.07, 6.45) is 5.30. The topological polar surface area (TPSA) is 61.4 Å². The molecule has 2 aromatic rings. The minimum absolute atomic E-state index is 0.0264. The maximum absolute atomic E-state index is 11.2. The first-order chi connectivity index (χ1) is 10.6. The fraction of sp³-hybridized carbons (Fsp3) is 0.312. The summed E-state index contributed by atoms with van der Waals surface area (Å²) in [4.78, 5) is 22.4. The first-order valence-corrected chi connectivity index (χ1v) is 7.04. The molecule has 6 nitrogen and oxygen atoms in total. The van der Waals surface area contributed by atoms with Gasteiger partial charge in [0.1, 0.15) is 24.7 Å². The van der Waals surface area contributed by atoms with E-state index in [9.17, 15) is 9.59 Å². The second-order valence-corrected chi connectivity index (χ2v) is 4.75. The first-order valence-electron chi connectivity index (χ1n) is 7.04. The van der Waals surface area contributed by atoms with Crippen LogP contribution in [-0.4, -0.2) is 29.7 Å². The zero-order chi connectivity index (χ0) is 15.9. The number of esters is 1. The van der Waals surface area contributed by atoms with Crippen LogP contribution in [0, 0.1) is 0 Å². The van der Waals surface area contributed by atoms with Crippen molar-refractivity contribution in [3.8, 4) is 5.75 Å². The Morgan fingerprint density at radius 2 is 1.95 bits per heavy atom. The third-order valence-corrected chi connectivity index (χ3v) is 3.01. The van der Waals surface area contributed by atoms with E-state index in [0.717, 1.165) is 5.56 Å². The number of hydrogen-bond acceptors (Lipinski definition) is 4. The molecule has 0 aliphatic rings. The Morgan fingerprint density at radius 3 is 2.55 bits per heavy atom. The second-order valence-electron chi connectivity index (χ2n) is 4.75. The van der Waals surface area contributed by atoms with Crippen LogP contribution < -0.4 is 9.30 Å². The number of carbonyl (C=O) groups excluding carboxylic acids is 2. The highest BCUT2D eigenvalue weighted by Crippen LogP contribution is 2.12. The zero-order valence-electron chi connectivity index (χ0n) is 12.7. The van der Waals surface area contributed by atoms with Gasteiger partial charge in [-0.3, -0.25) is 0 Å². The largest absolute Gasteiger partial charge is 0.482 e. The smallest absolute Gasteiger partial charge is 0.344 e. The predicted octanol–water partition coefficient (Wildman–Crippen LogP) is 1.43. The zero-order valence-corrected chi connectivity index (χ0v) is 12.7. The van der Waals surface area contributed by atoms with Gasteiger partial charge in [0, 0.05) is 6.92 Å². The van der Waals surface area contributed by atoms with Gasteiger partial charge in [0.05, 0.1) is 6.61 Å². The monoisotopic (exact) mass is 303 g/mol. The lowest BCUT2D eigenvalue weighted by Crippen LogP contribution is -2.31. The minimum atomic E-state index is -0.382. The standard InChI is InChI=1S/C16H19N2O4/c1-3-21-16(20)11-22-15-6-4-14(5-7-15)10-17-8-9-18(12-17)13(2)19/h4-9,12H,3,10-11H2,1-2H3/q+1. The van der Waals surface area contributed by atoms with E-state index in [1.54, 1.807) is 31.6 Å². The third kappa shape index (κ3) is 4.44. The number of aromatic nitrogens is 2. The van der Waals surface area contributed by atoms with Crippen molar-refractivity contribution in [3.05, 3.63) is 48.5 Å². The van der Waals surface area contributed by atoms with Crippen LogP contribution in [0.25, 0.3) is 0 Å². The van der Waals surface area contributed by atoms with Crippen molar-refractivity contribution >= 4 is 11.9 Å². The fourth-order valence-electron chi connectivity index (χ4n) is 1.92. The van der Waals surface area contributed by atoms with Gasteiger partial charge in [0.25, 0.3) is 6.33 Å². The van der Waals surface area contributed by atoms with E-state index in [-0.39, 0.29) is 18.5 Å². The number of carbonyl (C=O) groups is 2. The average Bonchev–Trinajstić information content (AvgIpc) is 2.96. The summed E-state index contributed by atoms with van der Waals surface area (Å²) in [5.74, 6) is 0.206. The molecule has 22 heavy (non-hydrogen) atoms. The molecule has 1 aromatic carbocycles. The quantitative estimate of drug-likeness (QED) is 0.598. The molecule has 0 spiro atoms. The molecule has 116 valence electrons. The van der Waals surface area contributed by atoms with Crippen molar-refractivity contribution in [2.24, 2.45) is 0 Å². The lowest BCUT2D eigenvalue weighted by atomic mass is 10.2. The molecular formula is C16H19N2O4+. The number of rotatable bonds is 6. The van der Waals surface area contributed by atoms with Crippen LogP contribution in [0.3, 0.4) is 0 Å². The molecule has 0 amide bonds. The van der Waals surface area contributed by atoms with E-state index < -0.39 is 0 Å². The van der Waals surface area contributed by atoms with Crippen LogP contribution >= 0.6 is 0 Å². The Morgan fingerprint density at radius 1 is 1.23 bits per heavy atom. The molecule has 6 heteroatoms. The van der Waals surface area contributed by atoms with Gasteiger partial charge in [0.15, 0.2) is 6.61 Å². The fourth-order valence-corrected chi connectivity index (χ4v) is 1.92. The Balaban J connectivity index is 1.91. The molecule has 0 saturated heterocycles. The molecule has 0 atom stereocenters. The molecule has 1 aromatic heterocycles. The van der Waals surface area contributed by atoms with Crippen molar-refractivity contribution in [2.45, 2.75) is 20.4 Å². The Hall–Kier alpha value is -2.63. The molecule has 0 radical (unpaired) electrons. The molecule has 0 aliphatic heterocycles. The summed E-state index contributed by atoms with van der Waals surface area (Å²) < 4.78 is 13.6. The van der Waals surface area contributed by atoms with Gasteiger partial charge in [0.2, 0.25) is 0 Å². The van der Waals surface area contributed by atoms with Gasteiger partial charge in [-0.2, -0.15) is 4.57 Å². The SMILES string of the molecule is CCOC(=O)COc1ccc(C[n+]2ccn(C(C)=O)c2)cc1. The van der Waals surface area contributed by atoms with Crippen molar-refractivity contribution in [1.82, 2.24) is 4.57 Å². The van der Waals surface area contributed by atoms with Gasteiger partial charge >= 0.3 is 11.9 Å². The number of benzene rings is 1. The highest BCUT2D eigenvalue weighted by Gasteiger charge is 2.08. The van der Waals surface area contributed by atoms with Gasteiger partial charge < -0.3 is 9.47 Å². The van der Waals surface area contributed by atoms with Crippen LogP contribution in [-0.2, 0) is 16.1 Å². The van der Waals surface area contributed by atoms with E-state index in [1.807, 2.05) is 22.9 Å². The van der Waals surface area contributed by atoms with Crippen LogP contribution in [0.2, 0.25) is 0 Å². The summed E-state index contributed by atoms with van der Waals surface area (Å²) in [5.41, 5.74) is 1.06. The number of imidazole rings is 1. The van der Waals surface area contributed by atoms with Crippen molar-refractivity contribution in [3.63, 3.8) is 0 Å². The van der Waals surface area contributed by atoms with Gasteiger partial charge in [-0.25, -0.2) is 14.2 Å². The number of ether oxygens (including phenoxy) is 2. The van der Waals surface area contributed by atoms with E-state index in [2.05, 4.69) is 0 Å². The van der Waals surface area contributed by atoms with Crippen molar-refractivity contribution in [1.29, 1.82) is 0 Å². The van der Waals surface area contributed by atoms with Crippen molar-refractivity contribution in [2.75, 3.05) is 13.2 Å². The van der Waals surface area contributed by atoms with E-state index in [0.29, 0.717) is 18.9 Å². The molecule has 0 unspecified atom stereocenters. The summed E-state index contributed by atoms with van der Waals surface area (Å²) in [6.45, 7) is 4.17. The summed E-state index contributed by atoms with van der Waals surface area (Å²) in [7, 11) is 0. The summed E-state index contributed by atoms with van der Waals surface area (Å²) in [6, 6.07) is 7.44. The molecule has 1 heterocycles. The predicted molar refractivity (Wildman–Crippen MR) is 78.6 cm³/mol. The second kappa shape index (κ2) is 7.40. The van der Waals surface area contributed by atoms with Crippen LogP contribution in [0.4, 0.5) is 0 Å². The number of hydrogen-bond donors (Lipinski definition) is 0. The lowest BCUT2D eigenvalue weighted by molar-refractivity contribution is -0.687. The molecule has 0 aliphatic carbocycles. The number of nitrogens with zero attached hydrogens (tertiary/aromatic N) is 2. The third-order valence-electron chi connectivity index (χ3n) is 3.01. The van der Waals surface area contributed by atoms with Crippen LogP contribution in [0.15, 0.2) is 43.0 Å². The Kier molecular flexibility index (Phi) is 5.30. The summed E-state index contributed by atoms with van der Waals surface area (Å²) in [5, 5.41) is 0. The lowest BCUT2D eigenvalue weighted by Gasteiger charge is -2.06. The van der Waals surface area contributed by atoms with Gasteiger partial charge in [-0.15, -0.1) is 0 Å². The van der Waals surface area contributed by atoms with Gasteiger partial charge in [-0.05, 0) is 24.6 Å². The maximum Gasteiger partial charge on any atom is 0.344 e. The van der Waals surface area contributed by atoms with E-state index in [1.165, 1.54) is 11.5 Å². The molecular weight excluding hydrogens is 284 g/mol. The highest BCUT2D eigenvalue weighted by atomic mass is 16.6. The van der Waals surface area contributed by atoms with E-state index >= 15 is 0 Å². The Labute approximate surface area is 128 Å². The summed E-state index contributed by atoms with van der Waals surface area (Å²) >= 11 is 0. The maximum atomic E-state index is 11.2. The average molecular weight is 303 g/mol. The van der Waals surface area contributed by atoms with Crippen LogP contribution in [0.5, 0.6) is 5.75 Å². The van der Waals surface area contributed by atoms with Crippen molar-refractivity contribution < 1.29 is 23.6 Å². The molecule has 0 N–H and O–H groups in total. The molecule has 0 fully saturated rings. The minimum Gasteiger partial charge on any atom is -0.482 e.